The molecule has 0 aliphatic rings. The van der Waals surface area contributed by atoms with Crippen LogP contribution in [0, 0.1) is 0 Å². The highest BCUT2D eigenvalue weighted by Gasteiger charge is 2.13. The van der Waals surface area contributed by atoms with Crippen LogP contribution in [0.15, 0.2) is 74.7 Å². The number of hydrogen-bond donors (Lipinski definition) is 1. The number of benzene rings is 3. The van der Waals surface area contributed by atoms with Crippen LogP contribution in [0.3, 0.4) is 0 Å². The van der Waals surface area contributed by atoms with E-state index in [1.807, 2.05) is 54.6 Å². The number of furan rings is 1. The number of carbonyl (C=O) groups excluding carboxylic acids is 1. The Morgan fingerprint density at radius 1 is 1.11 bits per heavy atom. The third-order valence-electron chi connectivity index (χ3n) is 4.21. The van der Waals surface area contributed by atoms with Gasteiger partial charge in [0, 0.05) is 5.39 Å². The van der Waals surface area contributed by atoms with E-state index in [2.05, 4.69) is 26.5 Å². The minimum absolute atomic E-state index is 0.217. The van der Waals surface area contributed by atoms with Gasteiger partial charge in [0.05, 0.1) is 17.8 Å². The van der Waals surface area contributed by atoms with E-state index in [0.717, 1.165) is 31.9 Å². The Kier molecular flexibility index (Phi) is 4.64. The summed E-state index contributed by atoms with van der Waals surface area (Å²) in [5, 5.41) is 7.05. The molecule has 3 aromatic carbocycles. The van der Waals surface area contributed by atoms with Crippen LogP contribution in [0.5, 0.6) is 5.75 Å². The maximum Gasteiger partial charge on any atom is 0.307 e. The molecule has 1 N–H and O–H groups in total. The highest BCUT2D eigenvalue weighted by molar-refractivity contribution is 9.10. The van der Waals surface area contributed by atoms with E-state index in [4.69, 9.17) is 9.15 Å². The number of rotatable bonds is 4. The zero-order valence-electron chi connectivity index (χ0n) is 14.4. The lowest BCUT2D eigenvalue weighted by Crippen LogP contribution is -2.16. The van der Waals surface area contributed by atoms with E-state index in [0.29, 0.717) is 5.58 Å². The molecule has 0 saturated carbocycles. The second-order valence-electron chi connectivity index (χ2n) is 5.90. The Bertz CT molecular complexity index is 1180. The van der Waals surface area contributed by atoms with Crippen LogP contribution in [-0.4, -0.2) is 19.2 Å². The molecule has 5 nitrogen and oxygen atoms in total. The molecule has 1 amide bonds. The number of ether oxygens (including phenoxy) is 1. The molecule has 0 unspecified atom stereocenters. The van der Waals surface area contributed by atoms with E-state index in [9.17, 15) is 4.79 Å². The van der Waals surface area contributed by atoms with Gasteiger partial charge in [0.2, 0.25) is 0 Å². The van der Waals surface area contributed by atoms with Gasteiger partial charge < -0.3 is 9.15 Å². The van der Waals surface area contributed by atoms with Crippen LogP contribution in [0.1, 0.15) is 16.1 Å². The van der Waals surface area contributed by atoms with E-state index in [-0.39, 0.29) is 5.76 Å². The molecule has 0 radical (unpaired) electrons. The lowest BCUT2D eigenvalue weighted by atomic mass is 10.1. The van der Waals surface area contributed by atoms with Crippen molar-refractivity contribution in [3.63, 3.8) is 0 Å². The van der Waals surface area contributed by atoms with Crippen molar-refractivity contribution in [1.82, 2.24) is 5.43 Å². The number of nitrogens with one attached hydrogen (secondary N) is 1. The molecule has 134 valence electrons. The summed E-state index contributed by atoms with van der Waals surface area (Å²) in [6, 6.07) is 19.1. The summed E-state index contributed by atoms with van der Waals surface area (Å²) in [7, 11) is 1.60. The van der Waals surface area contributed by atoms with Crippen molar-refractivity contribution in [3.05, 3.63) is 76.5 Å². The summed E-state index contributed by atoms with van der Waals surface area (Å²) in [4.78, 5) is 12.4. The summed E-state index contributed by atoms with van der Waals surface area (Å²) >= 11 is 3.42. The van der Waals surface area contributed by atoms with E-state index < -0.39 is 5.91 Å². The molecule has 0 aliphatic carbocycles. The predicted molar refractivity (Wildman–Crippen MR) is 109 cm³/mol. The van der Waals surface area contributed by atoms with Crippen LogP contribution < -0.4 is 10.2 Å². The number of hydrazone groups is 1. The molecular weight excluding hydrogens is 408 g/mol. The topological polar surface area (TPSA) is 63.8 Å². The number of methoxy groups -OCH3 is 1. The van der Waals surface area contributed by atoms with Crippen molar-refractivity contribution in [3.8, 4) is 5.75 Å². The lowest BCUT2D eigenvalue weighted by Gasteiger charge is -2.03. The Hall–Kier alpha value is -3.12. The minimum Gasteiger partial charge on any atom is -0.496 e. The fraction of sp³-hybridized carbons (Fsp3) is 0.0476. The number of hydrogen-bond acceptors (Lipinski definition) is 4. The molecular formula is C21H15BrN2O3. The third kappa shape index (κ3) is 3.44. The predicted octanol–water partition coefficient (Wildman–Crippen LogP) is 5.12. The van der Waals surface area contributed by atoms with Crippen molar-refractivity contribution < 1.29 is 13.9 Å². The number of halogens is 1. The molecule has 0 fully saturated rings. The average Bonchev–Trinajstić information content (AvgIpc) is 3.13. The number of carbonyl (C=O) groups is 1. The summed E-state index contributed by atoms with van der Waals surface area (Å²) in [6.07, 6.45) is 1.56. The second kappa shape index (κ2) is 7.25. The van der Waals surface area contributed by atoms with Crippen LogP contribution >= 0.6 is 15.9 Å². The lowest BCUT2D eigenvalue weighted by molar-refractivity contribution is 0.0929. The van der Waals surface area contributed by atoms with Crippen LogP contribution in [0.25, 0.3) is 21.7 Å². The molecule has 1 aromatic heterocycles. The molecule has 0 spiro atoms. The number of fused-ring (bicyclic) bond motifs is 3. The first kappa shape index (κ1) is 17.3. The van der Waals surface area contributed by atoms with Crippen LogP contribution in [0.4, 0.5) is 0 Å². The molecule has 27 heavy (non-hydrogen) atoms. The minimum atomic E-state index is -0.404. The van der Waals surface area contributed by atoms with Gasteiger partial charge in [-0.25, -0.2) is 5.43 Å². The Morgan fingerprint density at radius 2 is 1.96 bits per heavy atom. The fourth-order valence-electron chi connectivity index (χ4n) is 2.89. The molecule has 0 saturated heterocycles. The van der Waals surface area contributed by atoms with E-state index >= 15 is 0 Å². The van der Waals surface area contributed by atoms with Crippen molar-refractivity contribution >= 4 is 49.8 Å². The fourth-order valence-corrected chi connectivity index (χ4v) is 3.45. The Labute approximate surface area is 163 Å². The van der Waals surface area contributed by atoms with Crippen molar-refractivity contribution in [2.75, 3.05) is 7.11 Å². The van der Waals surface area contributed by atoms with Gasteiger partial charge in [0.15, 0.2) is 5.76 Å². The summed E-state index contributed by atoms with van der Waals surface area (Å²) in [5.74, 6) is 0.541. The Morgan fingerprint density at radius 3 is 2.78 bits per heavy atom. The van der Waals surface area contributed by atoms with Gasteiger partial charge in [-0.15, -0.1) is 0 Å². The molecule has 4 rings (SSSR count). The van der Waals surface area contributed by atoms with Gasteiger partial charge in [0.1, 0.15) is 11.3 Å². The van der Waals surface area contributed by atoms with E-state index in [1.54, 1.807) is 19.4 Å². The van der Waals surface area contributed by atoms with E-state index in [1.165, 1.54) is 0 Å². The van der Waals surface area contributed by atoms with Crippen molar-refractivity contribution in [2.24, 2.45) is 5.10 Å². The first-order valence-corrected chi connectivity index (χ1v) is 9.03. The van der Waals surface area contributed by atoms with Gasteiger partial charge in [-0.05, 0) is 62.6 Å². The van der Waals surface area contributed by atoms with Gasteiger partial charge in [-0.3, -0.25) is 4.79 Å². The molecule has 0 bridgehead atoms. The molecule has 1 heterocycles. The number of nitrogens with zero attached hydrogens (tertiary/aromatic N) is 1. The first-order chi connectivity index (χ1) is 13.2. The second-order valence-corrected chi connectivity index (χ2v) is 6.76. The normalized spacial score (nSPS) is 11.3. The average molecular weight is 423 g/mol. The zero-order chi connectivity index (χ0) is 18.8. The van der Waals surface area contributed by atoms with Gasteiger partial charge in [-0.1, -0.05) is 30.3 Å². The quantitative estimate of drug-likeness (QED) is 0.366. The summed E-state index contributed by atoms with van der Waals surface area (Å²) in [6.45, 7) is 0. The number of amides is 1. The van der Waals surface area contributed by atoms with Crippen molar-refractivity contribution in [2.45, 2.75) is 0 Å². The summed E-state index contributed by atoms with van der Waals surface area (Å²) < 4.78 is 11.7. The van der Waals surface area contributed by atoms with Gasteiger partial charge >= 0.3 is 5.91 Å². The van der Waals surface area contributed by atoms with Crippen LogP contribution in [0.2, 0.25) is 0 Å². The van der Waals surface area contributed by atoms with Gasteiger partial charge in [-0.2, -0.15) is 5.10 Å². The molecule has 6 heteroatoms. The van der Waals surface area contributed by atoms with Crippen LogP contribution in [-0.2, 0) is 0 Å². The highest BCUT2D eigenvalue weighted by Crippen LogP contribution is 2.28. The summed E-state index contributed by atoms with van der Waals surface area (Å²) in [5.41, 5.74) is 3.98. The van der Waals surface area contributed by atoms with Crippen molar-refractivity contribution in [1.29, 1.82) is 0 Å². The third-order valence-corrected chi connectivity index (χ3v) is 4.83. The first-order valence-electron chi connectivity index (χ1n) is 8.24. The largest absolute Gasteiger partial charge is 0.496 e. The smallest absolute Gasteiger partial charge is 0.307 e. The SMILES string of the molecule is COc1ccc(/C=N/NC(=O)c2cc3c(ccc4ccccc43)o2)cc1Br. The standard InChI is InChI=1S/C21H15BrN2O3/c1-26-19-8-6-13(10-17(19)22)12-23-24-21(25)20-11-16-15-5-3-2-4-14(15)7-9-18(16)27-20/h2-12H,1H3,(H,24,25)/b23-12+. The highest BCUT2D eigenvalue weighted by atomic mass is 79.9. The Balaban J connectivity index is 1.54. The van der Waals surface area contributed by atoms with Gasteiger partial charge in [0.25, 0.3) is 0 Å². The zero-order valence-corrected chi connectivity index (χ0v) is 16.0. The monoisotopic (exact) mass is 422 g/mol. The molecule has 4 aromatic rings. The maximum atomic E-state index is 12.4. The maximum absolute atomic E-state index is 12.4. The molecule has 0 atom stereocenters. The molecule has 0 aliphatic heterocycles.